The van der Waals surface area contributed by atoms with Crippen LogP contribution < -0.4 is 0 Å². The van der Waals surface area contributed by atoms with Crippen molar-refractivity contribution in [1.82, 2.24) is 0 Å². The Labute approximate surface area is 75.3 Å². The van der Waals surface area contributed by atoms with Crippen LogP contribution >= 0.6 is 0 Å². The van der Waals surface area contributed by atoms with Gasteiger partial charge < -0.3 is 0 Å². The largest absolute Gasteiger partial charge is 0.103 e. The first kappa shape index (κ1) is 10.7. The van der Waals surface area contributed by atoms with Crippen LogP contribution in [0.1, 0.15) is 13.3 Å². The molecular formula is C12H16. The lowest BCUT2D eigenvalue weighted by molar-refractivity contribution is 1.41. The van der Waals surface area contributed by atoms with Crippen LogP contribution in [0.3, 0.4) is 0 Å². The molecule has 12 heavy (non-hydrogen) atoms. The van der Waals surface area contributed by atoms with Crippen molar-refractivity contribution in [3.05, 3.63) is 61.3 Å². The molecule has 0 aliphatic rings. The van der Waals surface area contributed by atoms with Gasteiger partial charge in [0.15, 0.2) is 0 Å². The molecule has 0 N–H and O–H groups in total. The maximum Gasteiger partial charge on any atom is -0.0169 e. The predicted octanol–water partition coefficient (Wildman–Crippen LogP) is 3.81. The molecule has 0 rings (SSSR count). The quantitative estimate of drug-likeness (QED) is 0.424. The summed E-state index contributed by atoms with van der Waals surface area (Å²) in [6.07, 6.45) is 18.9. The molecule has 0 saturated carbocycles. The van der Waals surface area contributed by atoms with Gasteiger partial charge in [0.25, 0.3) is 0 Å². The van der Waals surface area contributed by atoms with Crippen molar-refractivity contribution < 1.29 is 0 Å². The molecule has 0 heteroatoms. The van der Waals surface area contributed by atoms with E-state index in [0.717, 1.165) is 6.42 Å². The fourth-order valence-corrected chi connectivity index (χ4v) is 0.621. The van der Waals surface area contributed by atoms with Crippen molar-refractivity contribution >= 4 is 0 Å². The van der Waals surface area contributed by atoms with Crippen molar-refractivity contribution in [1.29, 1.82) is 0 Å². The highest BCUT2D eigenvalue weighted by Crippen LogP contribution is 1.85. The molecule has 0 heterocycles. The summed E-state index contributed by atoms with van der Waals surface area (Å²) in [5.74, 6) is 0. The van der Waals surface area contributed by atoms with Gasteiger partial charge in [-0.3, -0.25) is 0 Å². The van der Waals surface area contributed by atoms with Crippen LogP contribution in [0.4, 0.5) is 0 Å². The third-order valence-corrected chi connectivity index (χ3v) is 1.19. The Balaban J connectivity index is 3.55. The van der Waals surface area contributed by atoms with Gasteiger partial charge in [-0.05, 0) is 13.3 Å². The van der Waals surface area contributed by atoms with Gasteiger partial charge in [0.1, 0.15) is 0 Å². The Morgan fingerprint density at radius 3 is 2.08 bits per heavy atom. The van der Waals surface area contributed by atoms with Crippen molar-refractivity contribution in [3.63, 3.8) is 0 Å². The minimum absolute atomic E-state index is 0.933. The van der Waals surface area contributed by atoms with Crippen LogP contribution in [-0.2, 0) is 0 Å². The van der Waals surface area contributed by atoms with Crippen molar-refractivity contribution in [2.45, 2.75) is 13.3 Å². The highest BCUT2D eigenvalue weighted by molar-refractivity contribution is 5.15. The van der Waals surface area contributed by atoms with Crippen LogP contribution in [0.25, 0.3) is 0 Å². The van der Waals surface area contributed by atoms with Crippen LogP contribution in [-0.4, -0.2) is 0 Å². The standard InChI is InChI=1S/C12H16/c1-3-5-7-9-11-12-10-8-6-4-2/h3-4,6-12H,1,5H2,2H3. The van der Waals surface area contributed by atoms with Crippen LogP contribution in [0.5, 0.6) is 0 Å². The zero-order valence-corrected chi connectivity index (χ0v) is 7.61. The van der Waals surface area contributed by atoms with E-state index in [9.17, 15) is 0 Å². The fraction of sp³-hybridized carbons (Fsp3) is 0.167. The Morgan fingerprint density at radius 1 is 0.917 bits per heavy atom. The molecule has 0 amide bonds. The van der Waals surface area contributed by atoms with Crippen LogP contribution in [0.15, 0.2) is 61.3 Å². The molecule has 0 aromatic rings. The normalized spacial score (nSPS) is 12.8. The van der Waals surface area contributed by atoms with Gasteiger partial charge >= 0.3 is 0 Å². The first-order chi connectivity index (χ1) is 5.91. The molecular weight excluding hydrogens is 144 g/mol. The summed E-state index contributed by atoms with van der Waals surface area (Å²) in [6.45, 7) is 5.62. The number of hydrogen-bond acceptors (Lipinski definition) is 0. The average Bonchev–Trinajstić information content (AvgIpc) is 2.10. The lowest BCUT2D eigenvalue weighted by Gasteiger charge is -1.75. The molecule has 0 bridgehead atoms. The number of allylic oxidation sites excluding steroid dienone is 9. The van der Waals surface area contributed by atoms with E-state index in [2.05, 4.69) is 12.7 Å². The minimum Gasteiger partial charge on any atom is -0.103 e. The van der Waals surface area contributed by atoms with E-state index >= 15 is 0 Å². The summed E-state index contributed by atoms with van der Waals surface area (Å²) in [5.41, 5.74) is 0. The molecule has 0 aliphatic heterocycles. The predicted molar refractivity (Wildman–Crippen MR) is 57.0 cm³/mol. The van der Waals surface area contributed by atoms with Crippen LogP contribution in [0, 0.1) is 0 Å². The average molecular weight is 160 g/mol. The fourth-order valence-electron chi connectivity index (χ4n) is 0.621. The van der Waals surface area contributed by atoms with E-state index in [0.29, 0.717) is 0 Å². The van der Waals surface area contributed by atoms with Gasteiger partial charge in [-0.2, -0.15) is 0 Å². The lowest BCUT2D eigenvalue weighted by atomic mass is 10.3. The molecule has 0 aromatic carbocycles. The Bertz CT molecular complexity index is 202. The monoisotopic (exact) mass is 160 g/mol. The molecule has 64 valence electrons. The maximum atomic E-state index is 3.62. The van der Waals surface area contributed by atoms with Gasteiger partial charge in [-0.15, -0.1) is 6.58 Å². The second-order valence-electron chi connectivity index (χ2n) is 2.25. The van der Waals surface area contributed by atoms with Crippen molar-refractivity contribution in [3.8, 4) is 0 Å². The van der Waals surface area contributed by atoms with Gasteiger partial charge in [-0.1, -0.05) is 54.7 Å². The summed E-state index contributed by atoms with van der Waals surface area (Å²) < 4.78 is 0. The summed E-state index contributed by atoms with van der Waals surface area (Å²) in [5, 5.41) is 0. The molecule has 0 saturated heterocycles. The SMILES string of the molecule is C=CCC=CC=CC=CC=CC. The zero-order chi connectivity index (χ0) is 9.07. The molecule has 0 fully saturated rings. The summed E-state index contributed by atoms with van der Waals surface area (Å²) in [6, 6.07) is 0. The molecule has 0 spiro atoms. The summed E-state index contributed by atoms with van der Waals surface area (Å²) in [4.78, 5) is 0. The van der Waals surface area contributed by atoms with E-state index < -0.39 is 0 Å². The number of rotatable bonds is 5. The Kier molecular flexibility index (Phi) is 8.65. The molecule has 0 radical (unpaired) electrons. The molecule has 0 unspecified atom stereocenters. The van der Waals surface area contributed by atoms with Crippen molar-refractivity contribution in [2.75, 3.05) is 0 Å². The molecule has 0 aliphatic carbocycles. The van der Waals surface area contributed by atoms with E-state index in [-0.39, 0.29) is 0 Å². The smallest absolute Gasteiger partial charge is 0.0169 e. The number of hydrogen-bond donors (Lipinski definition) is 0. The molecule has 0 aromatic heterocycles. The van der Waals surface area contributed by atoms with E-state index in [1.165, 1.54) is 0 Å². The van der Waals surface area contributed by atoms with Gasteiger partial charge in [0.05, 0.1) is 0 Å². The van der Waals surface area contributed by atoms with E-state index in [4.69, 9.17) is 0 Å². The molecule has 0 nitrogen and oxygen atoms in total. The highest BCUT2D eigenvalue weighted by Gasteiger charge is 1.64. The van der Waals surface area contributed by atoms with E-state index in [1.807, 2.05) is 55.5 Å². The highest BCUT2D eigenvalue weighted by atomic mass is 13.7. The van der Waals surface area contributed by atoms with Gasteiger partial charge in [0, 0.05) is 0 Å². The summed E-state index contributed by atoms with van der Waals surface area (Å²) in [7, 11) is 0. The second-order valence-corrected chi connectivity index (χ2v) is 2.25. The van der Waals surface area contributed by atoms with Gasteiger partial charge in [-0.25, -0.2) is 0 Å². The molecule has 0 atom stereocenters. The summed E-state index contributed by atoms with van der Waals surface area (Å²) >= 11 is 0. The second kappa shape index (κ2) is 9.70. The minimum atomic E-state index is 0.933. The maximum absolute atomic E-state index is 3.62. The third-order valence-electron chi connectivity index (χ3n) is 1.19. The lowest BCUT2D eigenvalue weighted by Crippen LogP contribution is -1.54. The van der Waals surface area contributed by atoms with E-state index in [1.54, 1.807) is 0 Å². The third kappa shape index (κ3) is 8.70. The van der Waals surface area contributed by atoms with Crippen molar-refractivity contribution in [2.24, 2.45) is 0 Å². The first-order valence-electron chi connectivity index (χ1n) is 4.14. The van der Waals surface area contributed by atoms with Gasteiger partial charge in [0.2, 0.25) is 0 Å². The topological polar surface area (TPSA) is 0 Å². The Morgan fingerprint density at radius 2 is 1.50 bits per heavy atom. The first-order valence-corrected chi connectivity index (χ1v) is 4.14. The Hall–Kier alpha value is -1.30. The zero-order valence-electron chi connectivity index (χ0n) is 7.61. The van der Waals surface area contributed by atoms with Crippen LogP contribution in [0.2, 0.25) is 0 Å².